The lowest BCUT2D eigenvalue weighted by molar-refractivity contribution is 0.292. The Bertz CT molecular complexity index is 560. The molecule has 0 unspecified atom stereocenters. The molecule has 0 atom stereocenters. The molecule has 1 heterocycles. The minimum Gasteiger partial charge on any atom is -0.473 e. The highest BCUT2D eigenvalue weighted by Gasteiger charge is 2.04. The van der Waals surface area contributed by atoms with Crippen LogP contribution < -0.4 is 10.5 Å². The van der Waals surface area contributed by atoms with Crippen molar-refractivity contribution in [2.75, 3.05) is 5.73 Å². The number of halogens is 1. The number of aromatic nitrogens is 2. The summed E-state index contributed by atoms with van der Waals surface area (Å²) in [5.41, 5.74) is 6.82. The summed E-state index contributed by atoms with van der Waals surface area (Å²) in [6, 6.07) is 9.61. The molecule has 5 heteroatoms. The lowest BCUT2D eigenvalue weighted by Gasteiger charge is -2.08. The van der Waals surface area contributed by atoms with E-state index in [-0.39, 0.29) is 0 Å². The van der Waals surface area contributed by atoms with Crippen LogP contribution >= 0.6 is 15.9 Å². The zero-order valence-electron chi connectivity index (χ0n) is 10.8. The largest absolute Gasteiger partial charge is 0.473 e. The number of aryl methyl sites for hydroxylation is 1. The van der Waals surface area contributed by atoms with E-state index in [1.165, 1.54) is 0 Å². The third kappa shape index (κ3) is 4.21. The standard InChI is InChI=1S/C14H16BrN3O/c1-2-4-13-17-12(16)8-14(18-13)19-9-10-5-3-6-11(15)7-10/h3,5-8H,2,4,9H2,1H3,(H2,16,17,18). The second-order valence-electron chi connectivity index (χ2n) is 4.22. The number of nitrogens with zero attached hydrogens (tertiary/aromatic N) is 2. The van der Waals surface area contributed by atoms with Crippen molar-refractivity contribution in [3.05, 3.63) is 46.2 Å². The Morgan fingerprint density at radius 3 is 2.84 bits per heavy atom. The van der Waals surface area contributed by atoms with E-state index in [0.717, 1.165) is 28.7 Å². The van der Waals surface area contributed by atoms with Crippen molar-refractivity contribution in [3.63, 3.8) is 0 Å². The van der Waals surface area contributed by atoms with Gasteiger partial charge in [-0.05, 0) is 24.1 Å². The van der Waals surface area contributed by atoms with Crippen molar-refractivity contribution >= 4 is 21.7 Å². The molecule has 2 rings (SSSR count). The zero-order valence-corrected chi connectivity index (χ0v) is 12.4. The monoisotopic (exact) mass is 321 g/mol. The fraction of sp³-hybridized carbons (Fsp3) is 0.286. The van der Waals surface area contributed by atoms with E-state index in [1.807, 2.05) is 24.3 Å². The maximum atomic E-state index is 5.74. The number of anilines is 1. The maximum Gasteiger partial charge on any atom is 0.219 e. The molecule has 0 aliphatic rings. The van der Waals surface area contributed by atoms with Gasteiger partial charge in [0, 0.05) is 17.0 Å². The molecule has 0 spiro atoms. The Kier molecular flexibility index (Phi) is 4.74. The van der Waals surface area contributed by atoms with Gasteiger partial charge < -0.3 is 10.5 Å². The van der Waals surface area contributed by atoms with Crippen LogP contribution in [0.2, 0.25) is 0 Å². The number of hydrogen-bond acceptors (Lipinski definition) is 4. The van der Waals surface area contributed by atoms with E-state index in [9.17, 15) is 0 Å². The molecule has 19 heavy (non-hydrogen) atoms. The molecule has 0 fully saturated rings. The normalized spacial score (nSPS) is 10.4. The van der Waals surface area contributed by atoms with Crippen LogP contribution in [0.25, 0.3) is 0 Å². The Morgan fingerprint density at radius 1 is 1.26 bits per heavy atom. The van der Waals surface area contributed by atoms with E-state index in [4.69, 9.17) is 10.5 Å². The quantitative estimate of drug-likeness (QED) is 0.917. The number of benzene rings is 1. The lowest BCUT2D eigenvalue weighted by Crippen LogP contribution is -2.04. The Labute approximate surface area is 121 Å². The summed E-state index contributed by atoms with van der Waals surface area (Å²) >= 11 is 3.43. The minimum absolute atomic E-state index is 0.447. The van der Waals surface area contributed by atoms with Gasteiger partial charge in [-0.1, -0.05) is 35.0 Å². The number of rotatable bonds is 5. The highest BCUT2D eigenvalue weighted by Crippen LogP contribution is 2.16. The van der Waals surface area contributed by atoms with E-state index >= 15 is 0 Å². The zero-order chi connectivity index (χ0) is 13.7. The summed E-state index contributed by atoms with van der Waals surface area (Å²) in [4.78, 5) is 8.51. The Hall–Kier alpha value is -1.62. The summed E-state index contributed by atoms with van der Waals surface area (Å²) in [7, 11) is 0. The van der Waals surface area contributed by atoms with Crippen molar-refractivity contribution in [2.24, 2.45) is 0 Å². The predicted octanol–water partition coefficient (Wildman–Crippen LogP) is 3.35. The Balaban J connectivity index is 2.06. The van der Waals surface area contributed by atoms with Gasteiger partial charge in [-0.25, -0.2) is 4.98 Å². The van der Waals surface area contributed by atoms with Crippen molar-refractivity contribution in [2.45, 2.75) is 26.4 Å². The smallest absolute Gasteiger partial charge is 0.219 e. The van der Waals surface area contributed by atoms with Gasteiger partial charge in [0.05, 0.1) is 0 Å². The summed E-state index contributed by atoms with van der Waals surface area (Å²) in [6.07, 6.45) is 1.78. The number of hydrogen-bond donors (Lipinski definition) is 1. The highest BCUT2D eigenvalue weighted by molar-refractivity contribution is 9.10. The molecule has 0 amide bonds. The molecule has 0 aliphatic carbocycles. The van der Waals surface area contributed by atoms with Crippen LogP contribution in [-0.4, -0.2) is 9.97 Å². The Morgan fingerprint density at radius 2 is 2.11 bits per heavy atom. The fourth-order valence-corrected chi connectivity index (χ4v) is 2.13. The fourth-order valence-electron chi connectivity index (χ4n) is 1.69. The van der Waals surface area contributed by atoms with Gasteiger partial charge >= 0.3 is 0 Å². The first-order valence-electron chi connectivity index (χ1n) is 6.18. The number of nitrogens with two attached hydrogens (primary N) is 1. The highest BCUT2D eigenvalue weighted by atomic mass is 79.9. The molecular weight excluding hydrogens is 306 g/mol. The summed E-state index contributed by atoms with van der Waals surface area (Å²) < 4.78 is 6.69. The predicted molar refractivity (Wildman–Crippen MR) is 78.9 cm³/mol. The molecule has 0 saturated heterocycles. The molecule has 1 aromatic carbocycles. The van der Waals surface area contributed by atoms with Crippen LogP contribution in [0, 0.1) is 0 Å². The first kappa shape index (κ1) is 13.8. The van der Waals surface area contributed by atoms with Crippen LogP contribution in [0.5, 0.6) is 5.88 Å². The minimum atomic E-state index is 0.447. The molecule has 1 aromatic heterocycles. The summed E-state index contributed by atoms with van der Waals surface area (Å²) in [5.74, 6) is 1.70. The molecular formula is C14H16BrN3O. The van der Waals surface area contributed by atoms with E-state index in [0.29, 0.717) is 18.3 Å². The second kappa shape index (κ2) is 6.52. The van der Waals surface area contributed by atoms with Crippen molar-refractivity contribution in [3.8, 4) is 5.88 Å². The third-order valence-corrected chi connectivity index (χ3v) is 3.01. The summed E-state index contributed by atoms with van der Waals surface area (Å²) in [5, 5.41) is 0. The van der Waals surface area contributed by atoms with E-state index in [2.05, 4.69) is 32.8 Å². The van der Waals surface area contributed by atoms with Gasteiger partial charge in [-0.2, -0.15) is 4.98 Å². The molecule has 0 aliphatic heterocycles. The third-order valence-electron chi connectivity index (χ3n) is 2.52. The van der Waals surface area contributed by atoms with Crippen LogP contribution in [-0.2, 0) is 13.0 Å². The van der Waals surface area contributed by atoms with E-state index in [1.54, 1.807) is 6.07 Å². The molecule has 0 saturated carbocycles. The average Bonchev–Trinajstić information content (AvgIpc) is 2.36. The lowest BCUT2D eigenvalue weighted by atomic mass is 10.2. The first-order chi connectivity index (χ1) is 9.17. The molecule has 2 N–H and O–H groups in total. The van der Waals surface area contributed by atoms with Crippen LogP contribution in [0.15, 0.2) is 34.8 Å². The van der Waals surface area contributed by atoms with Crippen LogP contribution in [0.4, 0.5) is 5.82 Å². The first-order valence-corrected chi connectivity index (χ1v) is 6.97. The average molecular weight is 322 g/mol. The van der Waals surface area contributed by atoms with Gasteiger partial charge in [0.25, 0.3) is 0 Å². The number of nitrogen functional groups attached to an aromatic ring is 1. The van der Waals surface area contributed by atoms with Gasteiger partial charge in [0.2, 0.25) is 5.88 Å². The van der Waals surface area contributed by atoms with E-state index < -0.39 is 0 Å². The molecule has 2 aromatic rings. The van der Waals surface area contributed by atoms with Gasteiger partial charge in [-0.3, -0.25) is 0 Å². The van der Waals surface area contributed by atoms with Gasteiger partial charge in [-0.15, -0.1) is 0 Å². The molecule has 100 valence electrons. The molecule has 0 radical (unpaired) electrons. The summed E-state index contributed by atoms with van der Waals surface area (Å²) in [6.45, 7) is 2.54. The van der Waals surface area contributed by atoms with Crippen molar-refractivity contribution < 1.29 is 4.74 Å². The second-order valence-corrected chi connectivity index (χ2v) is 5.13. The van der Waals surface area contributed by atoms with Crippen molar-refractivity contribution in [1.82, 2.24) is 9.97 Å². The van der Waals surface area contributed by atoms with Gasteiger partial charge in [0.15, 0.2) is 0 Å². The van der Waals surface area contributed by atoms with Crippen LogP contribution in [0.3, 0.4) is 0 Å². The van der Waals surface area contributed by atoms with Gasteiger partial charge in [0.1, 0.15) is 18.2 Å². The van der Waals surface area contributed by atoms with Crippen LogP contribution in [0.1, 0.15) is 24.7 Å². The molecule has 0 bridgehead atoms. The number of ether oxygens (including phenoxy) is 1. The van der Waals surface area contributed by atoms with Crippen molar-refractivity contribution in [1.29, 1.82) is 0 Å². The topological polar surface area (TPSA) is 61.0 Å². The molecule has 4 nitrogen and oxygen atoms in total. The maximum absolute atomic E-state index is 5.74. The SMILES string of the molecule is CCCc1nc(N)cc(OCc2cccc(Br)c2)n1.